The molecule has 1 unspecified atom stereocenters. The molecule has 27 heavy (non-hydrogen) atoms. The van der Waals surface area contributed by atoms with Crippen LogP contribution < -0.4 is 5.32 Å². The number of hydrogen-bond acceptors (Lipinski definition) is 3. The van der Waals surface area contributed by atoms with E-state index in [0.717, 1.165) is 11.3 Å². The number of rotatable bonds is 8. The van der Waals surface area contributed by atoms with Gasteiger partial charge in [0.25, 0.3) is 5.91 Å². The number of carboxylic acid groups (broad SMARTS) is 1. The summed E-state index contributed by atoms with van der Waals surface area (Å²) in [7, 11) is 0. The SMILES string of the molecule is Cc1nn(Cc2ccccc2Cl)c(C)c1C(=O)NCC(CC(C)C)C(=O)O. The van der Waals surface area contributed by atoms with Crippen molar-refractivity contribution in [3.63, 3.8) is 0 Å². The molecular formula is C20H26ClN3O3. The number of nitrogens with one attached hydrogen (secondary N) is 1. The van der Waals surface area contributed by atoms with Crippen LogP contribution in [-0.2, 0) is 11.3 Å². The molecule has 6 nitrogen and oxygen atoms in total. The minimum atomic E-state index is -0.896. The lowest BCUT2D eigenvalue weighted by Crippen LogP contribution is -2.34. The Balaban J connectivity index is 2.14. The number of aliphatic carboxylic acids is 1. The van der Waals surface area contributed by atoms with Gasteiger partial charge in [0.15, 0.2) is 0 Å². The lowest BCUT2D eigenvalue weighted by molar-refractivity contribution is -0.142. The van der Waals surface area contributed by atoms with Crippen LogP contribution in [0.25, 0.3) is 0 Å². The predicted octanol–water partition coefficient (Wildman–Crippen LogP) is 3.68. The number of carbonyl (C=O) groups is 2. The van der Waals surface area contributed by atoms with E-state index in [2.05, 4.69) is 10.4 Å². The normalized spacial score (nSPS) is 12.2. The molecule has 7 heteroatoms. The van der Waals surface area contributed by atoms with Crippen molar-refractivity contribution in [1.82, 2.24) is 15.1 Å². The predicted molar refractivity (Wildman–Crippen MR) is 105 cm³/mol. The van der Waals surface area contributed by atoms with E-state index in [0.29, 0.717) is 29.2 Å². The van der Waals surface area contributed by atoms with Gasteiger partial charge in [-0.15, -0.1) is 0 Å². The second kappa shape index (κ2) is 9.04. The van der Waals surface area contributed by atoms with E-state index in [1.807, 2.05) is 45.0 Å². The third-order valence-corrected chi connectivity index (χ3v) is 4.87. The summed E-state index contributed by atoms with van der Waals surface area (Å²) >= 11 is 6.22. The van der Waals surface area contributed by atoms with Crippen molar-refractivity contribution in [2.45, 2.75) is 40.7 Å². The zero-order valence-corrected chi connectivity index (χ0v) is 16.9. The van der Waals surface area contributed by atoms with Crippen LogP contribution in [0.15, 0.2) is 24.3 Å². The standard InChI is InChI=1S/C20H26ClN3O3/c1-12(2)9-16(20(26)27)10-22-19(25)18-13(3)23-24(14(18)4)11-15-7-5-6-8-17(15)21/h5-8,12,16H,9-11H2,1-4H3,(H,22,25)(H,26,27). The number of carbonyl (C=O) groups excluding carboxylic acids is 1. The lowest BCUT2D eigenvalue weighted by Gasteiger charge is -2.15. The van der Waals surface area contributed by atoms with Crippen LogP contribution in [-0.4, -0.2) is 33.3 Å². The van der Waals surface area contributed by atoms with Gasteiger partial charge in [-0.3, -0.25) is 14.3 Å². The summed E-state index contributed by atoms with van der Waals surface area (Å²) in [5.74, 6) is -1.56. The molecule has 0 radical (unpaired) electrons. The molecule has 2 N–H and O–H groups in total. The van der Waals surface area contributed by atoms with Crippen LogP contribution in [0.2, 0.25) is 5.02 Å². The van der Waals surface area contributed by atoms with Gasteiger partial charge in [-0.05, 0) is 37.8 Å². The first-order valence-corrected chi connectivity index (χ1v) is 9.36. The number of carboxylic acids is 1. The summed E-state index contributed by atoms with van der Waals surface area (Å²) in [6, 6.07) is 7.50. The van der Waals surface area contributed by atoms with Gasteiger partial charge in [0, 0.05) is 17.3 Å². The largest absolute Gasteiger partial charge is 0.481 e. The van der Waals surface area contributed by atoms with E-state index in [1.54, 1.807) is 11.6 Å². The molecule has 146 valence electrons. The Morgan fingerprint density at radius 1 is 1.26 bits per heavy atom. The van der Waals surface area contributed by atoms with Crippen molar-refractivity contribution in [1.29, 1.82) is 0 Å². The van der Waals surface area contributed by atoms with Crippen molar-refractivity contribution in [2.75, 3.05) is 6.54 Å². The molecule has 1 aromatic carbocycles. The van der Waals surface area contributed by atoms with Crippen LogP contribution in [0, 0.1) is 25.7 Å². The van der Waals surface area contributed by atoms with Crippen molar-refractivity contribution < 1.29 is 14.7 Å². The maximum Gasteiger partial charge on any atom is 0.308 e. The van der Waals surface area contributed by atoms with E-state index in [9.17, 15) is 14.7 Å². The minimum absolute atomic E-state index is 0.0981. The number of aryl methyl sites for hydroxylation is 1. The lowest BCUT2D eigenvalue weighted by atomic mass is 9.97. The van der Waals surface area contributed by atoms with Crippen molar-refractivity contribution in [3.05, 3.63) is 51.8 Å². The Hall–Kier alpha value is -2.34. The second-order valence-electron chi connectivity index (χ2n) is 7.17. The Bertz CT molecular complexity index is 830. The average Bonchev–Trinajstić information content (AvgIpc) is 2.86. The van der Waals surface area contributed by atoms with Crippen molar-refractivity contribution in [2.24, 2.45) is 11.8 Å². The highest BCUT2D eigenvalue weighted by Crippen LogP contribution is 2.20. The molecule has 0 saturated heterocycles. The average molecular weight is 392 g/mol. The van der Waals surface area contributed by atoms with Crippen LogP contribution in [0.4, 0.5) is 0 Å². The van der Waals surface area contributed by atoms with Crippen molar-refractivity contribution >= 4 is 23.5 Å². The van der Waals surface area contributed by atoms with Gasteiger partial charge in [0.2, 0.25) is 0 Å². The third-order valence-electron chi connectivity index (χ3n) is 4.50. The van der Waals surface area contributed by atoms with E-state index >= 15 is 0 Å². The molecule has 1 heterocycles. The fourth-order valence-electron chi connectivity index (χ4n) is 3.11. The van der Waals surface area contributed by atoms with Crippen LogP contribution in [0.1, 0.15) is 47.6 Å². The molecule has 0 aliphatic carbocycles. The van der Waals surface area contributed by atoms with Crippen LogP contribution in [0.5, 0.6) is 0 Å². The fourth-order valence-corrected chi connectivity index (χ4v) is 3.31. The molecule has 2 aromatic rings. The van der Waals surface area contributed by atoms with E-state index in [-0.39, 0.29) is 18.4 Å². The molecule has 0 aliphatic rings. The summed E-state index contributed by atoms with van der Waals surface area (Å²) in [6.45, 7) is 8.09. The van der Waals surface area contributed by atoms with Crippen LogP contribution >= 0.6 is 11.6 Å². The molecule has 1 amide bonds. The molecule has 0 bridgehead atoms. The number of aromatic nitrogens is 2. The molecule has 0 aliphatic heterocycles. The van der Waals surface area contributed by atoms with Gasteiger partial charge in [0.05, 0.1) is 23.7 Å². The van der Waals surface area contributed by atoms with Crippen LogP contribution in [0.3, 0.4) is 0 Å². The smallest absolute Gasteiger partial charge is 0.308 e. The maximum atomic E-state index is 12.6. The third kappa shape index (κ3) is 5.32. The van der Waals surface area contributed by atoms with E-state index in [1.165, 1.54) is 0 Å². The van der Waals surface area contributed by atoms with Gasteiger partial charge >= 0.3 is 5.97 Å². The Kier molecular flexibility index (Phi) is 7.02. The van der Waals surface area contributed by atoms with Crippen molar-refractivity contribution in [3.8, 4) is 0 Å². The molecule has 0 spiro atoms. The number of hydrogen-bond donors (Lipinski definition) is 2. The molecule has 1 aromatic heterocycles. The number of halogens is 1. The zero-order chi connectivity index (χ0) is 20.1. The quantitative estimate of drug-likeness (QED) is 0.718. The van der Waals surface area contributed by atoms with E-state index < -0.39 is 11.9 Å². The summed E-state index contributed by atoms with van der Waals surface area (Å²) in [5.41, 5.74) is 2.73. The Labute approximate surface area is 164 Å². The highest BCUT2D eigenvalue weighted by Gasteiger charge is 2.23. The van der Waals surface area contributed by atoms with E-state index in [4.69, 9.17) is 11.6 Å². The highest BCUT2D eigenvalue weighted by atomic mass is 35.5. The topological polar surface area (TPSA) is 84.2 Å². The summed E-state index contributed by atoms with van der Waals surface area (Å²) in [4.78, 5) is 24.0. The summed E-state index contributed by atoms with van der Waals surface area (Å²) in [5, 5.41) is 17.2. The second-order valence-corrected chi connectivity index (χ2v) is 7.58. The van der Waals surface area contributed by atoms with Gasteiger partial charge < -0.3 is 10.4 Å². The number of nitrogens with zero attached hydrogens (tertiary/aromatic N) is 2. The van der Waals surface area contributed by atoms with Gasteiger partial charge in [0.1, 0.15) is 0 Å². The highest BCUT2D eigenvalue weighted by molar-refractivity contribution is 6.31. The molecule has 0 fully saturated rings. The molecule has 0 saturated carbocycles. The zero-order valence-electron chi connectivity index (χ0n) is 16.1. The Morgan fingerprint density at radius 2 is 1.93 bits per heavy atom. The maximum absolute atomic E-state index is 12.6. The Morgan fingerprint density at radius 3 is 2.52 bits per heavy atom. The monoisotopic (exact) mass is 391 g/mol. The molecule has 2 rings (SSSR count). The summed E-state index contributed by atoms with van der Waals surface area (Å²) in [6.07, 6.45) is 0.513. The molecule has 1 atom stereocenters. The molecular weight excluding hydrogens is 366 g/mol. The summed E-state index contributed by atoms with van der Waals surface area (Å²) < 4.78 is 1.74. The van der Waals surface area contributed by atoms with Gasteiger partial charge in [-0.25, -0.2) is 0 Å². The van der Waals surface area contributed by atoms with Gasteiger partial charge in [-0.2, -0.15) is 5.10 Å². The van der Waals surface area contributed by atoms with Gasteiger partial charge in [-0.1, -0.05) is 43.6 Å². The first-order chi connectivity index (χ1) is 12.7. The number of benzene rings is 1. The fraction of sp³-hybridized carbons (Fsp3) is 0.450. The first kappa shape index (κ1) is 21.0. The number of amides is 1. The minimum Gasteiger partial charge on any atom is -0.481 e. The first-order valence-electron chi connectivity index (χ1n) is 8.99.